The van der Waals surface area contributed by atoms with E-state index >= 15 is 0 Å². The molecule has 0 aromatic carbocycles. The van der Waals surface area contributed by atoms with Crippen LogP contribution in [0.15, 0.2) is 0 Å². The fraction of sp³-hybridized carbons (Fsp3) is 0.667. The highest BCUT2D eigenvalue weighted by molar-refractivity contribution is 6.61. The summed E-state index contributed by atoms with van der Waals surface area (Å²) in [5.41, 5.74) is -1.17. The van der Waals surface area contributed by atoms with Crippen LogP contribution in [-0.4, -0.2) is 18.2 Å². The summed E-state index contributed by atoms with van der Waals surface area (Å²) >= 11 is 4.72. The molecule has 0 amide bonds. The molecule has 0 spiro atoms. The molecule has 0 saturated heterocycles. The minimum atomic E-state index is -1.17. The molecular formula is C6H9ClO4. The van der Waals surface area contributed by atoms with Crippen LogP contribution < -0.4 is 0 Å². The minimum Gasteiger partial charge on any atom is -0.434 e. The summed E-state index contributed by atoms with van der Waals surface area (Å²) in [6.07, 6.45) is 0.603. The van der Waals surface area contributed by atoms with E-state index in [1.54, 1.807) is 0 Å². The largest absolute Gasteiger partial charge is 0.517 e. The van der Waals surface area contributed by atoms with Gasteiger partial charge in [0.2, 0.25) is 0 Å². The predicted octanol–water partition coefficient (Wildman–Crippen LogP) is 2.30. The fourth-order valence-corrected chi connectivity index (χ4v) is 0.458. The van der Waals surface area contributed by atoms with Crippen molar-refractivity contribution in [2.45, 2.75) is 19.8 Å². The molecule has 0 atom stereocenters. The van der Waals surface area contributed by atoms with E-state index in [0.29, 0.717) is 0 Å². The third-order valence-electron chi connectivity index (χ3n) is 0.881. The maximum absolute atomic E-state index is 10.4. The maximum Gasteiger partial charge on any atom is 0.517 e. The lowest BCUT2D eigenvalue weighted by atomic mass is 10.4. The lowest BCUT2D eigenvalue weighted by Crippen LogP contribution is -2.09. The van der Waals surface area contributed by atoms with Gasteiger partial charge in [0, 0.05) is 11.6 Å². The van der Waals surface area contributed by atoms with Crippen molar-refractivity contribution in [2.24, 2.45) is 0 Å². The van der Waals surface area contributed by atoms with Gasteiger partial charge in [-0.3, -0.25) is 0 Å². The van der Waals surface area contributed by atoms with Gasteiger partial charge in [-0.1, -0.05) is 13.3 Å². The van der Waals surface area contributed by atoms with Crippen molar-refractivity contribution >= 4 is 23.2 Å². The maximum atomic E-state index is 10.4. The first-order chi connectivity index (χ1) is 5.16. The van der Waals surface area contributed by atoms with Crippen molar-refractivity contribution in [1.82, 2.24) is 0 Å². The molecule has 0 aliphatic carbocycles. The highest BCUT2D eigenvalue weighted by Crippen LogP contribution is 1.94. The first-order valence-electron chi connectivity index (χ1n) is 3.21. The van der Waals surface area contributed by atoms with Gasteiger partial charge in [-0.25, -0.2) is 9.59 Å². The molecule has 0 heterocycles. The van der Waals surface area contributed by atoms with Gasteiger partial charge in [0.15, 0.2) is 0 Å². The Labute approximate surface area is 69.4 Å². The lowest BCUT2D eigenvalue weighted by molar-refractivity contribution is 0.0820. The third kappa shape index (κ3) is 7.12. The van der Waals surface area contributed by atoms with Gasteiger partial charge < -0.3 is 9.47 Å². The van der Waals surface area contributed by atoms with Gasteiger partial charge >= 0.3 is 11.6 Å². The summed E-state index contributed by atoms with van der Waals surface area (Å²) in [7, 11) is 0. The standard InChI is InChI=1S/C6H9ClO4/c1-2-3-4-10-6(9)11-5(7)8/h2-4H2,1H3. The van der Waals surface area contributed by atoms with E-state index in [-0.39, 0.29) is 6.61 Å². The van der Waals surface area contributed by atoms with Crippen LogP contribution in [0.25, 0.3) is 0 Å². The van der Waals surface area contributed by atoms with Gasteiger partial charge in [0.05, 0.1) is 6.61 Å². The Morgan fingerprint density at radius 2 is 2.09 bits per heavy atom. The zero-order chi connectivity index (χ0) is 8.69. The summed E-state index contributed by atoms with van der Waals surface area (Å²) in [6, 6.07) is 0. The summed E-state index contributed by atoms with van der Waals surface area (Å²) in [5, 5.41) is 0. The Balaban J connectivity index is 3.30. The molecule has 0 radical (unpaired) electrons. The highest BCUT2D eigenvalue weighted by Gasteiger charge is 2.07. The summed E-state index contributed by atoms with van der Waals surface area (Å²) in [4.78, 5) is 20.3. The molecule has 0 rings (SSSR count). The number of carbonyl (C=O) groups excluding carboxylic acids is 2. The summed E-state index contributed by atoms with van der Waals surface area (Å²) in [5.74, 6) is 0. The van der Waals surface area contributed by atoms with E-state index in [2.05, 4.69) is 9.47 Å². The number of ether oxygens (including phenoxy) is 2. The monoisotopic (exact) mass is 180 g/mol. The Kier molecular flexibility index (Phi) is 5.56. The zero-order valence-electron chi connectivity index (χ0n) is 6.13. The second-order valence-corrected chi connectivity index (χ2v) is 2.10. The quantitative estimate of drug-likeness (QED) is 0.289. The van der Waals surface area contributed by atoms with Crippen LogP contribution in [0, 0.1) is 0 Å². The Morgan fingerprint density at radius 1 is 1.45 bits per heavy atom. The Bertz CT molecular complexity index is 146. The SMILES string of the molecule is CCCCOC(=O)OC(=O)Cl. The Morgan fingerprint density at radius 3 is 2.55 bits per heavy atom. The molecule has 0 bridgehead atoms. The fourth-order valence-electron chi connectivity index (χ4n) is 0.395. The zero-order valence-corrected chi connectivity index (χ0v) is 6.89. The molecule has 0 N–H and O–H groups in total. The summed E-state index contributed by atoms with van der Waals surface area (Å²) in [6.45, 7) is 2.20. The molecular weight excluding hydrogens is 172 g/mol. The number of rotatable bonds is 3. The van der Waals surface area contributed by atoms with Crippen LogP contribution in [0.1, 0.15) is 19.8 Å². The van der Waals surface area contributed by atoms with E-state index in [0.717, 1.165) is 12.8 Å². The molecule has 11 heavy (non-hydrogen) atoms. The lowest BCUT2D eigenvalue weighted by Gasteiger charge is -1.99. The number of hydrogen-bond acceptors (Lipinski definition) is 4. The normalized spacial score (nSPS) is 8.91. The Hall–Kier alpha value is -0.770. The number of halogens is 1. The molecule has 0 aromatic rings. The van der Waals surface area contributed by atoms with Crippen molar-refractivity contribution in [1.29, 1.82) is 0 Å². The van der Waals surface area contributed by atoms with Gasteiger partial charge in [0.1, 0.15) is 0 Å². The first-order valence-corrected chi connectivity index (χ1v) is 3.58. The molecule has 0 aliphatic heterocycles. The molecule has 0 aliphatic rings. The number of hydrogen-bond donors (Lipinski definition) is 0. The smallest absolute Gasteiger partial charge is 0.434 e. The average Bonchev–Trinajstić information content (AvgIpc) is 1.86. The van der Waals surface area contributed by atoms with Crippen molar-refractivity contribution in [3.8, 4) is 0 Å². The van der Waals surface area contributed by atoms with Crippen LogP contribution in [0.2, 0.25) is 0 Å². The van der Waals surface area contributed by atoms with Gasteiger partial charge in [-0.15, -0.1) is 0 Å². The van der Waals surface area contributed by atoms with E-state index in [4.69, 9.17) is 11.6 Å². The van der Waals surface area contributed by atoms with Crippen molar-refractivity contribution in [3.05, 3.63) is 0 Å². The highest BCUT2D eigenvalue weighted by atomic mass is 35.5. The second kappa shape index (κ2) is 5.97. The van der Waals surface area contributed by atoms with Crippen LogP contribution in [-0.2, 0) is 9.47 Å². The molecule has 4 nitrogen and oxygen atoms in total. The van der Waals surface area contributed by atoms with E-state index in [9.17, 15) is 9.59 Å². The van der Waals surface area contributed by atoms with Gasteiger partial charge in [-0.2, -0.15) is 0 Å². The molecule has 5 heteroatoms. The van der Waals surface area contributed by atoms with Crippen LogP contribution in [0.4, 0.5) is 9.59 Å². The molecule has 0 aromatic heterocycles. The molecule has 0 fully saturated rings. The summed E-state index contributed by atoms with van der Waals surface area (Å²) < 4.78 is 8.29. The van der Waals surface area contributed by atoms with Crippen molar-refractivity contribution in [3.63, 3.8) is 0 Å². The second-order valence-electron chi connectivity index (χ2n) is 1.79. The van der Waals surface area contributed by atoms with E-state index in [1.165, 1.54) is 0 Å². The number of carbonyl (C=O) groups is 2. The van der Waals surface area contributed by atoms with E-state index in [1.807, 2.05) is 6.92 Å². The van der Waals surface area contributed by atoms with E-state index < -0.39 is 11.6 Å². The number of unbranched alkanes of at least 4 members (excludes halogenated alkanes) is 1. The molecule has 64 valence electrons. The topological polar surface area (TPSA) is 52.6 Å². The van der Waals surface area contributed by atoms with Crippen molar-refractivity contribution < 1.29 is 19.1 Å². The first kappa shape index (κ1) is 10.2. The molecule has 0 unspecified atom stereocenters. The van der Waals surface area contributed by atoms with Crippen molar-refractivity contribution in [2.75, 3.05) is 6.61 Å². The predicted molar refractivity (Wildman–Crippen MR) is 38.6 cm³/mol. The van der Waals surface area contributed by atoms with Crippen LogP contribution in [0.3, 0.4) is 0 Å². The van der Waals surface area contributed by atoms with Crippen LogP contribution in [0.5, 0.6) is 0 Å². The molecule has 0 saturated carbocycles. The average molecular weight is 181 g/mol. The third-order valence-corrected chi connectivity index (χ3v) is 0.959. The van der Waals surface area contributed by atoms with Gasteiger partial charge in [0.25, 0.3) is 0 Å². The van der Waals surface area contributed by atoms with Gasteiger partial charge in [-0.05, 0) is 6.42 Å². The van der Waals surface area contributed by atoms with Crippen LogP contribution >= 0.6 is 11.6 Å². The minimum absolute atomic E-state index is 0.250.